The van der Waals surface area contributed by atoms with Crippen molar-refractivity contribution in [3.05, 3.63) is 42.0 Å². The van der Waals surface area contributed by atoms with E-state index >= 15 is 0 Å². The minimum absolute atomic E-state index is 0.491. The summed E-state index contributed by atoms with van der Waals surface area (Å²) in [4.78, 5) is 25.5. The van der Waals surface area contributed by atoms with Crippen LogP contribution in [0.25, 0.3) is 33.3 Å². The number of rotatable bonds is 3. The first-order valence-corrected chi connectivity index (χ1v) is 12.4. The van der Waals surface area contributed by atoms with Gasteiger partial charge in [-0.1, -0.05) is 0 Å². The molecule has 0 spiro atoms. The van der Waals surface area contributed by atoms with Crippen LogP contribution in [0.15, 0.2) is 30.7 Å². The molecule has 6 heterocycles. The van der Waals surface area contributed by atoms with Gasteiger partial charge in [0.25, 0.3) is 0 Å². The minimum atomic E-state index is 0.491. The van der Waals surface area contributed by atoms with Gasteiger partial charge < -0.3 is 15.2 Å². The van der Waals surface area contributed by atoms with Gasteiger partial charge in [-0.2, -0.15) is 0 Å². The van der Waals surface area contributed by atoms with Gasteiger partial charge in [-0.3, -0.25) is 4.98 Å². The number of nitrogens with one attached hydrogen (secondary N) is 2. The maximum atomic E-state index is 5.33. The molecule has 2 saturated heterocycles. The van der Waals surface area contributed by atoms with Crippen LogP contribution in [0.2, 0.25) is 0 Å². The molecule has 4 aromatic heterocycles. The maximum absolute atomic E-state index is 5.33. The summed E-state index contributed by atoms with van der Waals surface area (Å²) < 4.78 is 0. The Morgan fingerprint density at radius 1 is 1.06 bits per heavy atom. The summed E-state index contributed by atoms with van der Waals surface area (Å²) in [6.45, 7) is 4.24. The molecule has 3 fully saturated rings. The third-order valence-electron chi connectivity index (χ3n) is 7.68. The Morgan fingerprint density at radius 2 is 2.00 bits per heavy atom. The molecule has 2 N–H and O–H groups in total. The van der Waals surface area contributed by atoms with Crippen LogP contribution in [0, 0.1) is 6.92 Å². The van der Waals surface area contributed by atoms with Crippen LogP contribution in [-0.4, -0.2) is 50.1 Å². The van der Waals surface area contributed by atoms with Crippen LogP contribution in [0.4, 0.5) is 5.82 Å². The van der Waals surface area contributed by atoms with E-state index < -0.39 is 0 Å². The van der Waals surface area contributed by atoms with E-state index in [9.17, 15) is 0 Å². The lowest BCUT2D eigenvalue weighted by atomic mass is 9.89. The number of aromatic nitrogens is 5. The lowest BCUT2D eigenvalue weighted by Gasteiger charge is -2.45. The van der Waals surface area contributed by atoms with E-state index in [1.54, 1.807) is 0 Å². The van der Waals surface area contributed by atoms with Crippen molar-refractivity contribution in [3.63, 3.8) is 0 Å². The Balaban J connectivity index is 1.47. The second-order valence-corrected chi connectivity index (χ2v) is 9.95. The number of nitrogens with zero attached hydrogens (tertiary/aromatic N) is 5. The smallest absolute Gasteiger partial charge is 0.163 e. The fraction of sp³-hybridized carbons (Fsp3) is 0.462. The lowest BCUT2D eigenvalue weighted by Crippen LogP contribution is -2.57. The van der Waals surface area contributed by atoms with Crippen LogP contribution < -0.4 is 10.2 Å². The van der Waals surface area contributed by atoms with Crippen molar-refractivity contribution < 1.29 is 0 Å². The zero-order valence-electron chi connectivity index (χ0n) is 19.0. The molecule has 1 saturated carbocycles. The second kappa shape index (κ2) is 7.48. The lowest BCUT2D eigenvalue weighted by molar-refractivity contribution is 0.283. The number of hydrogen-bond acceptors (Lipinski definition) is 6. The summed E-state index contributed by atoms with van der Waals surface area (Å²) in [5.74, 6) is 2.47. The predicted octanol–water partition coefficient (Wildman–Crippen LogP) is 4.47. The van der Waals surface area contributed by atoms with Gasteiger partial charge in [-0.05, 0) is 75.6 Å². The number of fused-ring (bicyclic) bond motifs is 3. The molecule has 0 amide bonds. The highest BCUT2D eigenvalue weighted by atomic mass is 15.3. The third-order valence-corrected chi connectivity index (χ3v) is 7.68. The SMILES string of the molecule is Cc1cc2c(-c3nc(N4CCCC5NCCCC54)c4c(C5CC5)cncc4n3)ccnc2[nH]1. The molecule has 7 rings (SSSR count). The van der Waals surface area contributed by atoms with E-state index in [2.05, 4.69) is 44.4 Å². The number of anilines is 1. The van der Waals surface area contributed by atoms with Crippen molar-refractivity contribution in [2.24, 2.45) is 0 Å². The second-order valence-electron chi connectivity index (χ2n) is 9.95. The van der Waals surface area contributed by atoms with E-state index in [-0.39, 0.29) is 0 Å². The number of aryl methyl sites for hydroxylation is 1. The summed E-state index contributed by atoms with van der Waals surface area (Å²) in [6.07, 6.45) is 13.2. The van der Waals surface area contributed by atoms with Gasteiger partial charge in [0, 0.05) is 53.1 Å². The zero-order valence-corrected chi connectivity index (χ0v) is 19.0. The minimum Gasteiger partial charge on any atom is -0.351 e. The Bertz CT molecular complexity index is 1350. The molecule has 4 aromatic rings. The van der Waals surface area contributed by atoms with Gasteiger partial charge in [-0.25, -0.2) is 15.0 Å². The average Bonchev–Trinajstić information content (AvgIpc) is 3.62. The fourth-order valence-electron chi connectivity index (χ4n) is 5.99. The predicted molar refractivity (Wildman–Crippen MR) is 131 cm³/mol. The van der Waals surface area contributed by atoms with Crippen molar-refractivity contribution in [2.75, 3.05) is 18.0 Å². The number of aromatic amines is 1. The first-order valence-electron chi connectivity index (χ1n) is 12.4. The number of H-pyrrole nitrogens is 1. The van der Waals surface area contributed by atoms with Gasteiger partial charge in [0.2, 0.25) is 0 Å². The highest BCUT2D eigenvalue weighted by molar-refractivity contribution is 5.97. The Hall–Kier alpha value is -3.06. The van der Waals surface area contributed by atoms with Crippen molar-refractivity contribution in [1.82, 2.24) is 30.2 Å². The molecule has 168 valence electrons. The van der Waals surface area contributed by atoms with Crippen LogP contribution in [0.5, 0.6) is 0 Å². The normalized spacial score (nSPS) is 23.2. The first kappa shape index (κ1) is 19.4. The van der Waals surface area contributed by atoms with E-state index in [4.69, 9.17) is 9.97 Å². The number of pyridine rings is 2. The molecule has 7 nitrogen and oxygen atoms in total. The summed E-state index contributed by atoms with van der Waals surface area (Å²) >= 11 is 0. The topological polar surface area (TPSA) is 82.6 Å². The molecule has 33 heavy (non-hydrogen) atoms. The fourth-order valence-corrected chi connectivity index (χ4v) is 5.99. The van der Waals surface area contributed by atoms with Gasteiger partial charge in [0.1, 0.15) is 11.5 Å². The molecule has 0 radical (unpaired) electrons. The molecule has 7 heteroatoms. The monoisotopic (exact) mass is 439 g/mol. The van der Waals surface area contributed by atoms with Crippen molar-refractivity contribution >= 4 is 27.8 Å². The highest BCUT2D eigenvalue weighted by Gasteiger charge is 2.36. The molecule has 2 atom stereocenters. The Labute approximate surface area is 193 Å². The zero-order chi connectivity index (χ0) is 21.9. The molecular formula is C26H29N7. The van der Waals surface area contributed by atoms with Gasteiger partial charge >= 0.3 is 0 Å². The van der Waals surface area contributed by atoms with Crippen LogP contribution >= 0.6 is 0 Å². The molecular weight excluding hydrogens is 410 g/mol. The standard InChI is InChI=1S/C26H29N7/c1-15-12-18-17(8-10-29-24(18)30-15)25-31-21-14-27-13-19(16-6-7-16)23(21)26(32-25)33-11-3-4-20-22(33)5-2-9-28-20/h8,10,12-14,16,20,22,28H,2-7,9,11H2,1H3,(H,29,30). The molecule has 2 unspecified atom stereocenters. The molecule has 0 bridgehead atoms. The molecule has 0 aromatic carbocycles. The summed E-state index contributed by atoms with van der Waals surface area (Å²) in [5.41, 5.74) is 5.30. The van der Waals surface area contributed by atoms with Gasteiger partial charge in [0.15, 0.2) is 5.82 Å². The van der Waals surface area contributed by atoms with Crippen LogP contribution in [0.1, 0.15) is 55.7 Å². The highest BCUT2D eigenvalue weighted by Crippen LogP contribution is 2.46. The Morgan fingerprint density at radius 3 is 2.91 bits per heavy atom. The molecule has 2 aliphatic heterocycles. The molecule has 1 aliphatic carbocycles. The van der Waals surface area contributed by atoms with E-state index in [0.717, 1.165) is 52.5 Å². The third kappa shape index (κ3) is 3.21. The average molecular weight is 440 g/mol. The van der Waals surface area contributed by atoms with Crippen molar-refractivity contribution in [2.45, 2.75) is 63.5 Å². The van der Waals surface area contributed by atoms with Crippen LogP contribution in [0.3, 0.4) is 0 Å². The number of piperidine rings is 2. The quantitative estimate of drug-likeness (QED) is 0.490. The van der Waals surface area contributed by atoms with Gasteiger partial charge in [-0.15, -0.1) is 0 Å². The van der Waals surface area contributed by atoms with E-state index in [1.165, 1.54) is 49.5 Å². The maximum Gasteiger partial charge on any atom is 0.163 e. The first-order chi connectivity index (χ1) is 16.3. The summed E-state index contributed by atoms with van der Waals surface area (Å²) in [6, 6.07) is 5.23. The van der Waals surface area contributed by atoms with Crippen LogP contribution in [-0.2, 0) is 0 Å². The largest absolute Gasteiger partial charge is 0.351 e. The summed E-state index contributed by atoms with van der Waals surface area (Å²) in [7, 11) is 0. The van der Waals surface area contributed by atoms with Crippen molar-refractivity contribution in [1.29, 1.82) is 0 Å². The van der Waals surface area contributed by atoms with E-state index in [1.807, 2.05) is 18.5 Å². The van der Waals surface area contributed by atoms with E-state index in [0.29, 0.717) is 18.0 Å². The van der Waals surface area contributed by atoms with Crippen molar-refractivity contribution in [3.8, 4) is 11.4 Å². The van der Waals surface area contributed by atoms with Gasteiger partial charge in [0.05, 0.1) is 11.7 Å². The molecule has 3 aliphatic rings. The Kier molecular flexibility index (Phi) is 4.40. The number of hydrogen-bond donors (Lipinski definition) is 2. The summed E-state index contributed by atoms with van der Waals surface area (Å²) in [5, 5.41) is 6.07.